The van der Waals surface area contributed by atoms with Crippen LogP contribution in [0.15, 0.2) is 75.9 Å². The summed E-state index contributed by atoms with van der Waals surface area (Å²) in [6, 6.07) is 0. The second kappa shape index (κ2) is 13.9. The van der Waals surface area contributed by atoms with E-state index in [0.717, 1.165) is 18.2 Å². The molecular weight excluding hydrogens is 388 g/mol. The van der Waals surface area contributed by atoms with E-state index in [-0.39, 0.29) is 39.3 Å². The average Bonchev–Trinajstić information content (AvgIpc) is 2.74. The van der Waals surface area contributed by atoms with E-state index >= 15 is 0 Å². The van der Waals surface area contributed by atoms with Crippen molar-refractivity contribution >= 4 is 17.9 Å². The van der Waals surface area contributed by atoms with Gasteiger partial charge in [0.25, 0.3) is 0 Å². The maximum atomic E-state index is 12.2. The van der Waals surface area contributed by atoms with Crippen molar-refractivity contribution in [3.8, 4) is 0 Å². The molecule has 0 heterocycles. The van der Waals surface area contributed by atoms with E-state index < -0.39 is 28.9 Å². The first kappa shape index (κ1) is 26.8. The molecule has 0 bridgehead atoms. The third-order valence-electron chi connectivity index (χ3n) is 4.31. The second-order valence-electron chi connectivity index (χ2n) is 6.31. The number of carbonyl (C=O) groups is 3. The Morgan fingerprint density at radius 1 is 0.667 bits per heavy atom. The molecule has 0 atom stereocenters. The molecule has 0 aromatic rings. The molecule has 0 saturated carbocycles. The molecule has 7 nitrogen and oxygen atoms in total. The van der Waals surface area contributed by atoms with E-state index in [0.29, 0.717) is 0 Å². The predicted octanol–water partition coefficient (Wildman–Crippen LogP) is 3.25. The highest BCUT2D eigenvalue weighted by atomic mass is 16.6. The Kier molecular flexibility index (Phi) is 12.4. The van der Waals surface area contributed by atoms with Crippen LogP contribution < -0.4 is 0 Å². The molecule has 0 amide bonds. The molecular formula is C23H30O7. The average molecular weight is 418 g/mol. The minimum atomic E-state index is -1.38. The first-order valence-electron chi connectivity index (χ1n) is 9.14. The zero-order chi connectivity index (χ0) is 23.0. The Morgan fingerprint density at radius 3 is 1.50 bits per heavy atom. The van der Waals surface area contributed by atoms with E-state index in [9.17, 15) is 14.4 Å². The summed E-state index contributed by atoms with van der Waals surface area (Å²) < 4.78 is 22.0. The van der Waals surface area contributed by atoms with Gasteiger partial charge in [0.05, 0.1) is 13.2 Å². The number of esters is 3. The van der Waals surface area contributed by atoms with Crippen molar-refractivity contribution in [2.24, 2.45) is 5.41 Å². The molecule has 30 heavy (non-hydrogen) atoms. The number of hydrogen-bond acceptors (Lipinski definition) is 7. The van der Waals surface area contributed by atoms with Gasteiger partial charge in [-0.2, -0.15) is 0 Å². The van der Waals surface area contributed by atoms with Crippen LogP contribution in [0.3, 0.4) is 0 Å². The summed E-state index contributed by atoms with van der Waals surface area (Å²) in [6.07, 6.45) is 7.81. The van der Waals surface area contributed by atoms with Gasteiger partial charge < -0.3 is 18.9 Å². The first-order chi connectivity index (χ1) is 14.3. The van der Waals surface area contributed by atoms with Crippen molar-refractivity contribution in [1.82, 2.24) is 0 Å². The maximum absolute atomic E-state index is 12.2. The Labute approximate surface area is 178 Å². The van der Waals surface area contributed by atoms with Crippen LogP contribution in [0.2, 0.25) is 0 Å². The van der Waals surface area contributed by atoms with Crippen molar-refractivity contribution in [3.63, 3.8) is 0 Å². The van der Waals surface area contributed by atoms with Gasteiger partial charge in [0.1, 0.15) is 24.2 Å². The Bertz CT molecular complexity index is 641. The number of ether oxygens (including phenoxy) is 4. The lowest BCUT2D eigenvalue weighted by Crippen LogP contribution is -2.59. The van der Waals surface area contributed by atoms with Gasteiger partial charge in [0.15, 0.2) is 0 Å². The van der Waals surface area contributed by atoms with E-state index in [2.05, 4.69) is 39.5 Å². The zero-order valence-corrected chi connectivity index (χ0v) is 17.3. The summed E-state index contributed by atoms with van der Waals surface area (Å²) in [7, 11) is 0. The Hall–Kier alpha value is -3.19. The van der Waals surface area contributed by atoms with Crippen LogP contribution in [-0.2, 0) is 33.3 Å². The molecule has 0 aliphatic heterocycles. The van der Waals surface area contributed by atoms with E-state index in [1.807, 2.05) is 0 Å². The monoisotopic (exact) mass is 418 g/mol. The molecule has 0 unspecified atom stereocenters. The molecule has 0 aliphatic carbocycles. The van der Waals surface area contributed by atoms with Gasteiger partial charge in [0.2, 0.25) is 0 Å². The van der Waals surface area contributed by atoms with Crippen LogP contribution in [0.5, 0.6) is 0 Å². The van der Waals surface area contributed by atoms with Crippen LogP contribution in [0.25, 0.3) is 0 Å². The number of rotatable bonds is 17. The van der Waals surface area contributed by atoms with E-state index in [4.69, 9.17) is 18.9 Å². The van der Waals surface area contributed by atoms with Gasteiger partial charge in [0, 0.05) is 31.1 Å². The highest BCUT2D eigenvalue weighted by Gasteiger charge is 2.55. The van der Waals surface area contributed by atoms with Crippen LogP contribution in [-0.4, -0.2) is 49.9 Å². The van der Waals surface area contributed by atoms with Gasteiger partial charge in [-0.1, -0.05) is 38.0 Å². The summed E-state index contributed by atoms with van der Waals surface area (Å²) in [5.74, 6) is -2.14. The molecule has 0 saturated heterocycles. The van der Waals surface area contributed by atoms with Gasteiger partial charge in [-0.05, 0) is 0 Å². The van der Waals surface area contributed by atoms with Gasteiger partial charge >= 0.3 is 17.9 Å². The summed E-state index contributed by atoms with van der Waals surface area (Å²) >= 11 is 0. The van der Waals surface area contributed by atoms with Crippen molar-refractivity contribution < 1.29 is 33.3 Å². The first-order valence-corrected chi connectivity index (χ1v) is 9.14. The SMILES string of the molecule is C=CCOCC(COC(=O)C=C)(COC(=O)C=C)C(CC=C)(CC=C)OC(=O)C=C. The standard InChI is InChI=1S/C23H30O7/c1-7-13-23(14-8-2,30-21(26)12-6)22(16-27-15-9-3,17-28-19(24)10-4)18-29-20(25)11-5/h7-12H,1-6,13-18H2. The molecule has 0 radical (unpaired) electrons. The number of carbonyl (C=O) groups excluding carboxylic acids is 3. The lowest BCUT2D eigenvalue weighted by Gasteiger charge is -2.47. The summed E-state index contributed by atoms with van der Waals surface area (Å²) in [4.78, 5) is 35.9. The molecule has 0 rings (SSSR count). The van der Waals surface area contributed by atoms with Gasteiger partial charge in [-0.25, -0.2) is 14.4 Å². The van der Waals surface area contributed by atoms with Crippen molar-refractivity contribution in [2.75, 3.05) is 26.4 Å². The fourth-order valence-electron chi connectivity index (χ4n) is 2.80. The summed E-state index contributed by atoms with van der Waals surface area (Å²) in [6.45, 7) is 20.7. The minimum absolute atomic E-state index is 0.111. The molecule has 0 aromatic heterocycles. The van der Waals surface area contributed by atoms with Crippen LogP contribution in [0.1, 0.15) is 12.8 Å². The predicted molar refractivity (Wildman–Crippen MR) is 114 cm³/mol. The van der Waals surface area contributed by atoms with Crippen LogP contribution >= 0.6 is 0 Å². The highest BCUT2D eigenvalue weighted by Crippen LogP contribution is 2.43. The topological polar surface area (TPSA) is 88.1 Å². The lowest BCUT2D eigenvalue weighted by molar-refractivity contribution is -0.203. The van der Waals surface area contributed by atoms with E-state index in [1.54, 1.807) is 0 Å². The van der Waals surface area contributed by atoms with Gasteiger partial charge in [-0.15, -0.1) is 19.7 Å². The molecule has 0 fully saturated rings. The van der Waals surface area contributed by atoms with Crippen molar-refractivity contribution in [3.05, 3.63) is 75.9 Å². The molecule has 0 aliphatic rings. The lowest BCUT2D eigenvalue weighted by atomic mass is 9.69. The Morgan fingerprint density at radius 2 is 1.13 bits per heavy atom. The fourth-order valence-corrected chi connectivity index (χ4v) is 2.80. The molecule has 0 spiro atoms. The minimum Gasteiger partial charge on any atom is -0.462 e. The van der Waals surface area contributed by atoms with E-state index in [1.165, 1.54) is 18.2 Å². The van der Waals surface area contributed by atoms with Crippen molar-refractivity contribution in [2.45, 2.75) is 18.4 Å². The Balaban J connectivity index is 6.57. The van der Waals surface area contributed by atoms with Gasteiger partial charge in [-0.3, -0.25) is 0 Å². The van der Waals surface area contributed by atoms with Crippen molar-refractivity contribution in [1.29, 1.82) is 0 Å². The highest BCUT2D eigenvalue weighted by molar-refractivity contribution is 5.82. The zero-order valence-electron chi connectivity index (χ0n) is 17.3. The number of hydrogen-bond donors (Lipinski definition) is 0. The van der Waals surface area contributed by atoms with Crippen LogP contribution in [0.4, 0.5) is 0 Å². The smallest absolute Gasteiger partial charge is 0.330 e. The summed E-state index contributed by atoms with van der Waals surface area (Å²) in [5, 5.41) is 0. The largest absolute Gasteiger partial charge is 0.462 e. The fraction of sp³-hybridized carbons (Fsp3) is 0.348. The maximum Gasteiger partial charge on any atom is 0.330 e. The second-order valence-corrected chi connectivity index (χ2v) is 6.31. The molecule has 0 N–H and O–H groups in total. The quantitative estimate of drug-likeness (QED) is 0.118. The molecule has 7 heteroatoms. The third-order valence-corrected chi connectivity index (χ3v) is 4.31. The summed E-state index contributed by atoms with van der Waals surface area (Å²) in [5.41, 5.74) is -2.71. The normalized spacial score (nSPS) is 10.8. The molecule has 0 aromatic carbocycles. The van der Waals surface area contributed by atoms with Crippen LogP contribution in [0, 0.1) is 5.41 Å². The molecule has 164 valence electrons. The third kappa shape index (κ3) is 7.67.